The molecule has 33 heavy (non-hydrogen) atoms. The molecule has 4 rings (SSSR count). The Morgan fingerprint density at radius 3 is 2.70 bits per heavy atom. The van der Waals surface area contributed by atoms with Gasteiger partial charge in [-0.05, 0) is 30.2 Å². The van der Waals surface area contributed by atoms with Gasteiger partial charge < -0.3 is 5.32 Å². The summed E-state index contributed by atoms with van der Waals surface area (Å²) in [5.74, 6) is 0.676. The summed E-state index contributed by atoms with van der Waals surface area (Å²) < 4.78 is 16.4. The molecule has 1 N–H and O–H groups in total. The number of thiazole rings is 1. The molecule has 0 unspecified atom stereocenters. The SMILES string of the molecule is CC(C)CNC(=O)c1csc(CSc2nnc(-c3ccccc3Cl)n2-c2ccccc2F)n1. The van der Waals surface area contributed by atoms with Crippen molar-refractivity contribution in [3.63, 3.8) is 0 Å². The highest BCUT2D eigenvalue weighted by atomic mass is 35.5. The molecule has 2 heterocycles. The Morgan fingerprint density at radius 1 is 1.18 bits per heavy atom. The molecule has 0 fully saturated rings. The van der Waals surface area contributed by atoms with Crippen molar-refractivity contribution in [2.75, 3.05) is 6.54 Å². The molecule has 0 radical (unpaired) electrons. The summed E-state index contributed by atoms with van der Waals surface area (Å²) in [6.07, 6.45) is 0. The van der Waals surface area contributed by atoms with E-state index in [0.717, 1.165) is 5.01 Å². The summed E-state index contributed by atoms with van der Waals surface area (Å²) in [7, 11) is 0. The predicted octanol–water partition coefficient (Wildman–Crippen LogP) is 5.86. The lowest BCUT2D eigenvalue weighted by Gasteiger charge is -2.11. The number of hydrogen-bond acceptors (Lipinski definition) is 6. The summed E-state index contributed by atoms with van der Waals surface area (Å²) in [5, 5.41) is 15.0. The quantitative estimate of drug-likeness (QED) is 0.306. The zero-order chi connectivity index (χ0) is 23.4. The van der Waals surface area contributed by atoms with E-state index < -0.39 is 5.82 Å². The number of benzene rings is 2. The van der Waals surface area contributed by atoms with Gasteiger partial charge in [-0.1, -0.05) is 61.5 Å². The first-order valence-electron chi connectivity index (χ1n) is 10.2. The molecule has 0 saturated heterocycles. The van der Waals surface area contributed by atoms with Gasteiger partial charge in [-0.15, -0.1) is 21.5 Å². The van der Waals surface area contributed by atoms with Gasteiger partial charge in [-0.2, -0.15) is 0 Å². The third-order valence-electron chi connectivity index (χ3n) is 4.62. The van der Waals surface area contributed by atoms with E-state index in [2.05, 4.69) is 20.5 Å². The van der Waals surface area contributed by atoms with Crippen molar-refractivity contribution in [1.29, 1.82) is 0 Å². The fourth-order valence-electron chi connectivity index (χ4n) is 3.03. The van der Waals surface area contributed by atoms with E-state index in [0.29, 0.717) is 51.2 Å². The summed E-state index contributed by atoms with van der Waals surface area (Å²) in [4.78, 5) is 16.7. The number of nitrogens with one attached hydrogen (secondary N) is 1. The van der Waals surface area contributed by atoms with Crippen molar-refractivity contribution in [3.8, 4) is 17.1 Å². The van der Waals surface area contributed by atoms with Gasteiger partial charge in [0, 0.05) is 17.5 Å². The zero-order valence-electron chi connectivity index (χ0n) is 18.0. The van der Waals surface area contributed by atoms with Gasteiger partial charge in [0.25, 0.3) is 5.91 Å². The van der Waals surface area contributed by atoms with Crippen molar-refractivity contribution < 1.29 is 9.18 Å². The van der Waals surface area contributed by atoms with Crippen LogP contribution < -0.4 is 5.32 Å². The number of rotatable bonds is 8. The average Bonchev–Trinajstić information content (AvgIpc) is 3.44. The highest BCUT2D eigenvalue weighted by Crippen LogP contribution is 2.34. The number of amides is 1. The minimum atomic E-state index is -0.397. The average molecular weight is 502 g/mol. The summed E-state index contributed by atoms with van der Waals surface area (Å²) in [6, 6.07) is 13.7. The van der Waals surface area contributed by atoms with Crippen LogP contribution in [0.15, 0.2) is 59.1 Å². The molecule has 2 aromatic carbocycles. The smallest absolute Gasteiger partial charge is 0.270 e. The molecule has 0 saturated carbocycles. The number of para-hydroxylation sites is 1. The van der Waals surface area contributed by atoms with E-state index in [-0.39, 0.29) is 5.91 Å². The second-order valence-electron chi connectivity index (χ2n) is 7.59. The highest BCUT2D eigenvalue weighted by molar-refractivity contribution is 7.98. The maximum atomic E-state index is 14.7. The number of nitrogens with zero attached hydrogens (tertiary/aromatic N) is 4. The van der Waals surface area contributed by atoms with Gasteiger partial charge in [-0.25, -0.2) is 9.37 Å². The number of carbonyl (C=O) groups is 1. The number of aromatic nitrogens is 4. The summed E-state index contributed by atoms with van der Waals surface area (Å²) in [5.41, 5.74) is 1.37. The van der Waals surface area contributed by atoms with Gasteiger partial charge >= 0.3 is 0 Å². The van der Waals surface area contributed by atoms with E-state index in [1.807, 2.05) is 32.0 Å². The van der Waals surface area contributed by atoms with E-state index in [9.17, 15) is 9.18 Å². The molecule has 0 atom stereocenters. The van der Waals surface area contributed by atoms with Gasteiger partial charge in [0.15, 0.2) is 11.0 Å². The number of thioether (sulfide) groups is 1. The van der Waals surface area contributed by atoms with Crippen LogP contribution in [0.2, 0.25) is 5.02 Å². The third kappa shape index (κ3) is 5.43. The Balaban J connectivity index is 1.61. The van der Waals surface area contributed by atoms with Crippen LogP contribution in [0.25, 0.3) is 17.1 Å². The minimum Gasteiger partial charge on any atom is -0.350 e. The molecule has 4 aromatic rings. The summed E-state index contributed by atoms with van der Waals surface area (Å²) in [6.45, 7) is 4.66. The largest absolute Gasteiger partial charge is 0.350 e. The number of halogens is 2. The Morgan fingerprint density at radius 2 is 1.94 bits per heavy atom. The molecule has 0 aliphatic heterocycles. The van der Waals surface area contributed by atoms with Crippen LogP contribution in [0.1, 0.15) is 29.3 Å². The fourth-order valence-corrected chi connectivity index (χ4v) is 4.98. The molecule has 10 heteroatoms. The lowest BCUT2D eigenvalue weighted by atomic mass is 10.2. The summed E-state index contributed by atoms with van der Waals surface area (Å²) >= 11 is 9.15. The number of hydrogen-bond donors (Lipinski definition) is 1. The molecule has 0 aliphatic carbocycles. The van der Waals surface area contributed by atoms with Crippen LogP contribution >= 0.6 is 34.7 Å². The maximum absolute atomic E-state index is 14.7. The minimum absolute atomic E-state index is 0.188. The molecule has 2 aromatic heterocycles. The first-order valence-corrected chi connectivity index (χ1v) is 12.5. The third-order valence-corrected chi connectivity index (χ3v) is 6.92. The van der Waals surface area contributed by atoms with Crippen molar-refractivity contribution in [3.05, 3.63) is 75.5 Å². The molecular formula is C23H21ClFN5OS2. The Hall–Kier alpha value is -2.75. The Labute approximate surface area is 204 Å². The highest BCUT2D eigenvalue weighted by Gasteiger charge is 2.21. The van der Waals surface area contributed by atoms with E-state index in [1.54, 1.807) is 34.2 Å². The normalized spacial score (nSPS) is 11.2. The predicted molar refractivity (Wildman–Crippen MR) is 131 cm³/mol. The van der Waals surface area contributed by atoms with Gasteiger partial charge in [-0.3, -0.25) is 9.36 Å². The Kier molecular flexibility index (Phi) is 7.42. The molecule has 0 spiro atoms. The van der Waals surface area contributed by atoms with Crippen LogP contribution in [0, 0.1) is 11.7 Å². The number of carbonyl (C=O) groups excluding carboxylic acids is 1. The van der Waals surface area contributed by atoms with Gasteiger partial charge in [0.05, 0.1) is 16.5 Å². The van der Waals surface area contributed by atoms with Crippen LogP contribution in [0.3, 0.4) is 0 Å². The van der Waals surface area contributed by atoms with Gasteiger partial charge in [0.1, 0.15) is 16.5 Å². The first-order chi connectivity index (χ1) is 15.9. The molecule has 170 valence electrons. The monoisotopic (exact) mass is 501 g/mol. The second kappa shape index (κ2) is 10.5. The van der Waals surface area contributed by atoms with Crippen LogP contribution in [0.4, 0.5) is 4.39 Å². The molecule has 1 amide bonds. The molecule has 0 bridgehead atoms. The van der Waals surface area contributed by atoms with E-state index in [1.165, 1.54) is 29.2 Å². The van der Waals surface area contributed by atoms with Crippen LogP contribution in [-0.4, -0.2) is 32.2 Å². The molecule has 0 aliphatic rings. The van der Waals surface area contributed by atoms with Crippen molar-refractivity contribution in [1.82, 2.24) is 25.1 Å². The lowest BCUT2D eigenvalue weighted by Crippen LogP contribution is -2.27. The van der Waals surface area contributed by atoms with E-state index in [4.69, 9.17) is 11.6 Å². The first kappa shape index (κ1) is 23.4. The van der Waals surface area contributed by atoms with Crippen LogP contribution in [0.5, 0.6) is 0 Å². The van der Waals surface area contributed by atoms with Crippen LogP contribution in [-0.2, 0) is 5.75 Å². The topological polar surface area (TPSA) is 72.7 Å². The second-order valence-corrected chi connectivity index (χ2v) is 9.88. The van der Waals surface area contributed by atoms with E-state index >= 15 is 0 Å². The zero-order valence-corrected chi connectivity index (χ0v) is 20.3. The Bertz CT molecular complexity index is 1270. The standard InChI is InChI=1S/C23H21ClFN5OS2/c1-14(2)11-26-22(31)18-12-32-20(27-18)13-33-23-29-28-21(15-7-3-4-8-16(15)24)30(23)19-10-6-5-9-17(19)25/h3-10,12,14H,11,13H2,1-2H3,(H,26,31). The fraction of sp³-hybridized carbons (Fsp3) is 0.217. The maximum Gasteiger partial charge on any atom is 0.270 e. The van der Waals surface area contributed by atoms with Crippen molar-refractivity contribution in [2.45, 2.75) is 24.8 Å². The lowest BCUT2D eigenvalue weighted by molar-refractivity contribution is 0.0944. The van der Waals surface area contributed by atoms with Crippen molar-refractivity contribution >= 4 is 40.6 Å². The van der Waals surface area contributed by atoms with Gasteiger partial charge in [0.2, 0.25) is 0 Å². The molecule has 6 nitrogen and oxygen atoms in total. The molecular weight excluding hydrogens is 481 g/mol. The van der Waals surface area contributed by atoms with Crippen molar-refractivity contribution in [2.24, 2.45) is 5.92 Å².